The Hall–Kier alpha value is -2.01. The molecule has 23 heavy (non-hydrogen) atoms. The van der Waals surface area contributed by atoms with Gasteiger partial charge in [0.15, 0.2) is 0 Å². The van der Waals surface area contributed by atoms with Gasteiger partial charge in [-0.15, -0.1) is 11.3 Å². The second-order valence-electron chi connectivity index (χ2n) is 5.60. The molecule has 1 aliphatic heterocycles. The molecular formula is C18H21NO3S. The highest BCUT2D eigenvalue weighted by Gasteiger charge is 2.23. The monoisotopic (exact) mass is 331 g/mol. The van der Waals surface area contributed by atoms with Crippen LogP contribution in [0, 0.1) is 0 Å². The van der Waals surface area contributed by atoms with Gasteiger partial charge in [-0.1, -0.05) is 6.92 Å². The van der Waals surface area contributed by atoms with Crippen molar-refractivity contribution < 1.29 is 14.3 Å². The molecule has 1 unspecified atom stereocenters. The second kappa shape index (κ2) is 6.62. The Bertz CT molecular complexity index is 723. The van der Waals surface area contributed by atoms with Gasteiger partial charge in [0.2, 0.25) is 0 Å². The van der Waals surface area contributed by atoms with Gasteiger partial charge in [-0.3, -0.25) is 4.79 Å². The van der Waals surface area contributed by atoms with E-state index in [2.05, 4.69) is 12.2 Å². The maximum Gasteiger partial charge on any atom is 0.266 e. The maximum atomic E-state index is 12.6. The van der Waals surface area contributed by atoms with Gasteiger partial charge < -0.3 is 14.8 Å². The number of benzene rings is 1. The lowest BCUT2D eigenvalue weighted by molar-refractivity contribution is 0.102. The van der Waals surface area contributed by atoms with Gasteiger partial charge >= 0.3 is 0 Å². The van der Waals surface area contributed by atoms with E-state index >= 15 is 0 Å². The van der Waals surface area contributed by atoms with E-state index in [1.807, 2.05) is 37.4 Å². The average molecular weight is 331 g/mol. The van der Waals surface area contributed by atoms with Crippen molar-refractivity contribution in [2.45, 2.75) is 39.7 Å². The van der Waals surface area contributed by atoms with Crippen molar-refractivity contribution in [2.75, 3.05) is 11.9 Å². The number of hydrogen-bond donors (Lipinski definition) is 1. The van der Waals surface area contributed by atoms with Crippen molar-refractivity contribution in [3.05, 3.63) is 39.6 Å². The zero-order valence-corrected chi connectivity index (χ0v) is 14.5. The highest BCUT2D eigenvalue weighted by molar-refractivity contribution is 7.12. The Morgan fingerprint density at radius 1 is 1.43 bits per heavy atom. The van der Waals surface area contributed by atoms with Crippen LogP contribution < -0.4 is 14.8 Å². The number of rotatable bonds is 5. The van der Waals surface area contributed by atoms with Crippen LogP contribution >= 0.6 is 11.3 Å². The zero-order valence-electron chi connectivity index (χ0n) is 13.6. The Kier molecular flexibility index (Phi) is 4.57. The first kappa shape index (κ1) is 15.9. The van der Waals surface area contributed by atoms with Crippen molar-refractivity contribution in [2.24, 2.45) is 0 Å². The van der Waals surface area contributed by atoms with Crippen molar-refractivity contribution in [3.63, 3.8) is 0 Å². The summed E-state index contributed by atoms with van der Waals surface area (Å²) < 4.78 is 11.5. The van der Waals surface area contributed by atoms with Gasteiger partial charge in [0.25, 0.3) is 5.91 Å². The maximum absolute atomic E-state index is 12.6. The summed E-state index contributed by atoms with van der Waals surface area (Å²) in [5, 5.41) is 4.93. The second-order valence-corrected chi connectivity index (χ2v) is 6.52. The summed E-state index contributed by atoms with van der Waals surface area (Å²) >= 11 is 1.46. The normalized spacial score (nSPS) is 15.9. The standard InChI is InChI=1S/C18H21NO3S/c1-4-12-6-7-23-17(12)18(20)19-14-10-15-13(8-11(3)22-15)9-16(14)21-5-2/h6-7,9-11H,4-5,8H2,1-3H3,(H,19,20). The number of carbonyl (C=O) groups excluding carboxylic acids is 1. The number of carbonyl (C=O) groups is 1. The fraction of sp³-hybridized carbons (Fsp3) is 0.389. The molecule has 0 bridgehead atoms. The molecule has 1 aliphatic rings. The smallest absolute Gasteiger partial charge is 0.266 e. The van der Waals surface area contributed by atoms with Gasteiger partial charge in [0.05, 0.1) is 17.2 Å². The first-order chi connectivity index (χ1) is 11.1. The van der Waals surface area contributed by atoms with E-state index in [0.717, 1.165) is 34.6 Å². The molecule has 1 amide bonds. The lowest BCUT2D eigenvalue weighted by Gasteiger charge is -2.13. The average Bonchev–Trinajstić information content (AvgIpc) is 3.12. The van der Waals surface area contributed by atoms with Gasteiger partial charge in [0.1, 0.15) is 17.6 Å². The van der Waals surface area contributed by atoms with E-state index in [1.54, 1.807) is 0 Å². The number of anilines is 1. The first-order valence-electron chi connectivity index (χ1n) is 7.96. The lowest BCUT2D eigenvalue weighted by Crippen LogP contribution is -2.13. The van der Waals surface area contributed by atoms with E-state index < -0.39 is 0 Å². The lowest BCUT2D eigenvalue weighted by atomic mass is 10.1. The molecule has 0 saturated carbocycles. The summed E-state index contributed by atoms with van der Waals surface area (Å²) in [5.41, 5.74) is 2.86. The van der Waals surface area contributed by atoms with E-state index in [9.17, 15) is 4.79 Å². The fourth-order valence-electron chi connectivity index (χ4n) is 2.80. The summed E-state index contributed by atoms with van der Waals surface area (Å²) in [6, 6.07) is 5.85. The number of nitrogens with one attached hydrogen (secondary N) is 1. The molecular weight excluding hydrogens is 310 g/mol. The largest absolute Gasteiger partial charge is 0.492 e. The summed E-state index contributed by atoms with van der Waals surface area (Å²) in [7, 11) is 0. The van der Waals surface area contributed by atoms with Crippen LogP contribution in [0.15, 0.2) is 23.6 Å². The minimum Gasteiger partial charge on any atom is -0.492 e. The summed E-state index contributed by atoms with van der Waals surface area (Å²) in [5.74, 6) is 1.44. The molecule has 0 spiro atoms. The molecule has 0 aliphatic carbocycles. The molecule has 0 radical (unpaired) electrons. The van der Waals surface area contributed by atoms with Crippen LogP contribution in [-0.2, 0) is 12.8 Å². The third-order valence-corrected chi connectivity index (χ3v) is 4.84. The predicted octanol–water partition coefficient (Wildman–Crippen LogP) is 4.28. The molecule has 122 valence electrons. The summed E-state index contributed by atoms with van der Waals surface area (Å²) in [6.07, 6.45) is 1.87. The number of aryl methyl sites for hydroxylation is 1. The van der Waals surface area contributed by atoms with Crippen molar-refractivity contribution in [1.29, 1.82) is 0 Å². The molecule has 5 heteroatoms. The first-order valence-corrected chi connectivity index (χ1v) is 8.84. The molecule has 1 aromatic heterocycles. The summed E-state index contributed by atoms with van der Waals surface area (Å²) in [4.78, 5) is 13.3. The Morgan fingerprint density at radius 2 is 2.26 bits per heavy atom. The van der Waals surface area contributed by atoms with Crippen molar-refractivity contribution in [1.82, 2.24) is 0 Å². The number of ether oxygens (including phenoxy) is 2. The molecule has 2 heterocycles. The Morgan fingerprint density at radius 3 is 3.00 bits per heavy atom. The third-order valence-electron chi connectivity index (χ3n) is 3.88. The van der Waals surface area contributed by atoms with Crippen LogP contribution in [0.1, 0.15) is 41.6 Å². The SMILES string of the molecule is CCOc1cc2c(cc1NC(=O)c1sccc1CC)OC(C)C2. The van der Waals surface area contributed by atoms with Gasteiger partial charge in [0, 0.05) is 18.1 Å². The Labute approximate surface area is 140 Å². The van der Waals surface area contributed by atoms with Crippen LogP contribution in [0.5, 0.6) is 11.5 Å². The zero-order chi connectivity index (χ0) is 16.4. The van der Waals surface area contributed by atoms with Crippen LogP contribution in [0.25, 0.3) is 0 Å². The topological polar surface area (TPSA) is 47.6 Å². The van der Waals surface area contributed by atoms with Gasteiger partial charge in [-0.25, -0.2) is 0 Å². The molecule has 1 N–H and O–H groups in total. The molecule has 0 saturated heterocycles. The van der Waals surface area contributed by atoms with Crippen LogP contribution in [0.3, 0.4) is 0 Å². The minimum absolute atomic E-state index is 0.0937. The number of hydrogen-bond acceptors (Lipinski definition) is 4. The Balaban J connectivity index is 1.90. The molecule has 2 aromatic rings. The van der Waals surface area contributed by atoms with Crippen LogP contribution in [-0.4, -0.2) is 18.6 Å². The van der Waals surface area contributed by atoms with Crippen molar-refractivity contribution >= 4 is 22.9 Å². The van der Waals surface area contributed by atoms with Crippen LogP contribution in [0.2, 0.25) is 0 Å². The van der Waals surface area contributed by atoms with Crippen LogP contribution in [0.4, 0.5) is 5.69 Å². The molecule has 0 fully saturated rings. The molecule has 1 aromatic carbocycles. The minimum atomic E-state index is -0.0937. The number of thiophene rings is 1. The highest BCUT2D eigenvalue weighted by atomic mass is 32.1. The number of amides is 1. The molecule has 4 nitrogen and oxygen atoms in total. The van der Waals surface area contributed by atoms with Gasteiger partial charge in [-0.2, -0.15) is 0 Å². The molecule has 3 rings (SSSR count). The van der Waals surface area contributed by atoms with E-state index in [4.69, 9.17) is 9.47 Å². The van der Waals surface area contributed by atoms with Gasteiger partial charge in [-0.05, 0) is 43.3 Å². The quantitative estimate of drug-likeness (QED) is 0.889. The summed E-state index contributed by atoms with van der Waals surface area (Å²) in [6.45, 7) is 6.58. The predicted molar refractivity (Wildman–Crippen MR) is 93.1 cm³/mol. The van der Waals surface area contributed by atoms with E-state index in [0.29, 0.717) is 18.0 Å². The van der Waals surface area contributed by atoms with E-state index in [-0.39, 0.29) is 12.0 Å². The number of fused-ring (bicyclic) bond motifs is 1. The highest BCUT2D eigenvalue weighted by Crippen LogP contribution is 2.38. The molecule has 1 atom stereocenters. The third kappa shape index (κ3) is 3.20. The van der Waals surface area contributed by atoms with Crippen molar-refractivity contribution in [3.8, 4) is 11.5 Å². The fourth-order valence-corrected chi connectivity index (χ4v) is 3.69. The van der Waals surface area contributed by atoms with E-state index in [1.165, 1.54) is 11.3 Å².